The average molecular weight is 304 g/mol. The van der Waals surface area contributed by atoms with Crippen LogP contribution in [0, 0.1) is 6.92 Å². The molecule has 0 spiro atoms. The Balaban J connectivity index is 2.00. The summed E-state index contributed by atoms with van der Waals surface area (Å²) in [5, 5.41) is 0.693. The van der Waals surface area contributed by atoms with E-state index in [0.29, 0.717) is 10.9 Å². The number of aromatic nitrogens is 3. The SMILES string of the molecule is CSc1ccc(Cc2c(C)nc3nccn3c2Cl)cc1. The summed E-state index contributed by atoms with van der Waals surface area (Å²) < 4.78 is 1.82. The zero-order valence-electron chi connectivity index (χ0n) is 11.3. The molecule has 20 heavy (non-hydrogen) atoms. The van der Waals surface area contributed by atoms with Crippen LogP contribution in [0.3, 0.4) is 0 Å². The Bertz CT molecular complexity index is 750. The van der Waals surface area contributed by atoms with Crippen molar-refractivity contribution in [3.05, 3.63) is 58.6 Å². The van der Waals surface area contributed by atoms with Crippen molar-refractivity contribution in [3.63, 3.8) is 0 Å². The van der Waals surface area contributed by atoms with Crippen LogP contribution < -0.4 is 0 Å². The van der Waals surface area contributed by atoms with Crippen LogP contribution in [0.25, 0.3) is 5.78 Å². The predicted octanol–water partition coefficient (Wildman–Crippen LogP) is 4.00. The van der Waals surface area contributed by atoms with Crippen LogP contribution in [0.2, 0.25) is 5.15 Å². The second kappa shape index (κ2) is 5.46. The van der Waals surface area contributed by atoms with Gasteiger partial charge in [0, 0.05) is 35.0 Å². The van der Waals surface area contributed by atoms with Gasteiger partial charge >= 0.3 is 0 Å². The van der Waals surface area contributed by atoms with E-state index in [0.717, 1.165) is 17.7 Å². The summed E-state index contributed by atoms with van der Waals surface area (Å²) in [6.07, 6.45) is 6.41. The highest BCUT2D eigenvalue weighted by Crippen LogP contribution is 2.24. The fraction of sp³-hybridized carbons (Fsp3) is 0.200. The number of rotatable bonds is 3. The van der Waals surface area contributed by atoms with Crippen LogP contribution in [0.4, 0.5) is 0 Å². The number of imidazole rings is 1. The van der Waals surface area contributed by atoms with Crippen LogP contribution in [0.5, 0.6) is 0 Å². The van der Waals surface area contributed by atoms with Gasteiger partial charge in [0.25, 0.3) is 0 Å². The molecule has 0 unspecified atom stereocenters. The van der Waals surface area contributed by atoms with Gasteiger partial charge in [0.2, 0.25) is 5.78 Å². The van der Waals surface area contributed by atoms with E-state index >= 15 is 0 Å². The zero-order valence-corrected chi connectivity index (χ0v) is 12.9. The number of benzene rings is 1. The molecule has 0 radical (unpaired) electrons. The molecule has 0 amide bonds. The normalized spacial score (nSPS) is 11.2. The molecule has 3 aromatic rings. The summed E-state index contributed by atoms with van der Waals surface area (Å²) in [7, 11) is 0. The third-order valence-corrected chi connectivity index (χ3v) is 4.48. The fourth-order valence-corrected chi connectivity index (χ4v) is 2.94. The van der Waals surface area contributed by atoms with Gasteiger partial charge in [-0.15, -0.1) is 11.8 Å². The van der Waals surface area contributed by atoms with Gasteiger partial charge in [0.15, 0.2) is 0 Å². The lowest BCUT2D eigenvalue weighted by Gasteiger charge is -2.10. The van der Waals surface area contributed by atoms with E-state index < -0.39 is 0 Å². The molecule has 3 rings (SSSR count). The van der Waals surface area contributed by atoms with E-state index in [1.807, 2.05) is 17.5 Å². The molecule has 2 aromatic heterocycles. The average Bonchev–Trinajstić information content (AvgIpc) is 2.92. The molecule has 0 aliphatic carbocycles. The first-order chi connectivity index (χ1) is 9.69. The molecule has 0 atom stereocenters. The van der Waals surface area contributed by atoms with Gasteiger partial charge < -0.3 is 0 Å². The topological polar surface area (TPSA) is 30.2 Å². The summed E-state index contributed by atoms with van der Waals surface area (Å²) in [4.78, 5) is 9.93. The summed E-state index contributed by atoms with van der Waals surface area (Å²) in [5.74, 6) is 0.647. The Hall–Kier alpha value is -1.52. The highest BCUT2D eigenvalue weighted by Gasteiger charge is 2.12. The van der Waals surface area contributed by atoms with E-state index in [4.69, 9.17) is 11.6 Å². The van der Waals surface area contributed by atoms with Crippen molar-refractivity contribution in [1.82, 2.24) is 14.4 Å². The van der Waals surface area contributed by atoms with Gasteiger partial charge in [-0.3, -0.25) is 4.40 Å². The second-order valence-corrected chi connectivity index (χ2v) is 5.83. The molecule has 3 nitrogen and oxygen atoms in total. The van der Waals surface area contributed by atoms with Crippen molar-refractivity contribution in [3.8, 4) is 0 Å². The summed E-state index contributed by atoms with van der Waals surface area (Å²) in [6.45, 7) is 1.98. The van der Waals surface area contributed by atoms with Crippen LogP contribution in [0.1, 0.15) is 16.8 Å². The van der Waals surface area contributed by atoms with E-state index in [-0.39, 0.29) is 0 Å². The van der Waals surface area contributed by atoms with Crippen molar-refractivity contribution in [2.75, 3.05) is 6.26 Å². The van der Waals surface area contributed by atoms with E-state index in [1.54, 1.807) is 18.0 Å². The van der Waals surface area contributed by atoms with Gasteiger partial charge in [0.05, 0.1) is 0 Å². The molecule has 1 aromatic carbocycles. The number of fused-ring (bicyclic) bond motifs is 1. The molecule has 2 heterocycles. The molecule has 0 fully saturated rings. The summed E-state index contributed by atoms with van der Waals surface area (Å²) in [6, 6.07) is 8.54. The van der Waals surface area contributed by atoms with Gasteiger partial charge in [-0.05, 0) is 30.9 Å². The Morgan fingerprint density at radius 1 is 1.25 bits per heavy atom. The maximum Gasteiger partial charge on any atom is 0.235 e. The van der Waals surface area contributed by atoms with Crippen molar-refractivity contribution in [1.29, 1.82) is 0 Å². The monoisotopic (exact) mass is 303 g/mol. The smallest absolute Gasteiger partial charge is 0.235 e. The first kappa shape index (κ1) is 13.5. The van der Waals surface area contributed by atoms with Crippen molar-refractivity contribution >= 4 is 29.1 Å². The minimum atomic E-state index is 0.647. The number of hydrogen-bond acceptors (Lipinski definition) is 3. The Kier molecular flexibility index (Phi) is 3.68. The summed E-state index contributed by atoms with van der Waals surface area (Å²) >= 11 is 8.22. The van der Waals surface area contributed by atoms with Gasteiger partial charge in [-0.1, -0.05) is 23.7 Å². The molecule has 0 N–H and O–H groups in total. The number of halogens is 1. The van der Waals surface area contributed by atoms with Crippen molar-refractivity contribution in [2.45, 2.75) is 18.2 Å². The van der Waals surface area contributed by atoms with Crippen LogP contribution in [-0.2, 0) is 6.42 Å². The number of thioether (sulfide) groups is 1. The first-order valence-electron chi connectivity index (χ1n) is 6.30. The highest BCUT2D eigenvalue weighted by molar-refractivity contribution is 7.98. The molecular formula is C15H14ClN3S. The lowest BCUT2D eigenvalue weighted by atomic mass is 10.1. The van der Waals surface area contributed by atoms with Crippen molar-refractivity contribution < 1.29 is 0 Å². The molecule has 0 saturated heterocycles. The Morgan fingerprint density at radius 3 is 2.70 bits per heavy atom. The minimum absolute atomic E-state index is 0.647. The molecule has 0 aliphatic rings. The first-order valence-corrected chi connectivity index (χ1v) is 7.90. The van der Waals surface area contributed by atoms with Gasteiger partial charge in [0.1, 0.15) is 5.15 Å². The van der Waals surface area contributed by atoms with Gasteiger partial charge in [-0.25, -0.2) is 9.97 Å². The standard InChI is InChI=1S/C15H14ClN3S/c1-10-13(9-11-3-5-12(20-2)6-4-11)14(16)19-8-7-17-15(19)18-10/h3-8H,9H2,1-2H3. The zero-order chi connectivity index (χ0) is 14.1. The van der Waals surface area contributed by atoms with Crippen LogP contribution in [-0.4, -0.2) is 20.6 Å². The maximum absolute atomic E-state index is 6.48. The number of nitrogens with zero attached hydrogens (tertiary/aromatic N) is 3. The molecular weight excluding hydrogens is 290 g/mol. The quantitative estimate of drug-likeness (QED) is 0.541. The van der Waals surface area contributed by atoms with Crippen LogP contribution >= 0.6 is 23.4 Å². The number of aryl methyl sites for hydroxylation is 1. The second-order valence-electron chi connectivity index (χ2n) is 4.59. The number of hydrogen-bond donors (Lipinski definition) is 0. The highest BCUT2D eigenvalue weighted by atomic mass is 35.5. The molecule has 5 heteroatoms. The largest absolute Gasteiger partial charge is 0.274 e. The predicted molar refractivity (Wildman–Crippen MR) is 83.8 cm³/mol. The van der Waals surface area contributed by atoms with Crippen molar-refractivity contribution in [2.24, 2.45) is 0 Å². The lowest BCUT2D eigenvalue weighted by Crippen LogP contribution is -2.02. The fourth-order valence-electron chi connectivity index (χ4n) is 2.19. The minimum Gasteiger partial charge on any atom is -0.274 e. The molecule has 0 saturated carbocycles. The lowest BCUT2D eigenvalue weighted by molar-refractivity contribution is 0.997. The Morgan fingerprint density at radius 2 is 2.00 bits per heavy atom. The molecule has 0 bridgehead atoms. The van der Waals surface area contributed by atoms with E-state index in [9.17, 15) is 0 Å². The molecule has 0 aliphatic heterocycles. The third kappa shape index (κ3) is 2.41. The third-order valence-electron chi connectivity index (χ3n) is 3.33. The molecule has 102 valence electrons. The Labute approximate surface area is 127 Å². The summed E-state index contributed by atoms with van der Waals surface area (Å²) in [5.41, 5.74) is 3.21. The van der Waals surface area contributed by atoms with Gasteiger partial charge in [-0.2, -0.15) is 0 Å². The maximum atomic E-state index is 6.48. The van der Waals surface area contributed by atoms with E-state index in [1.165, 1.54) is 10.5 Å². The van der Waals surface area contributed by atoms with Crippen LogP contribution in [0.15, 0.2) is 41.6 Å². The van der Waals surface area contributed by atoms with E-state index in [2.05, 4.69) is 40.5 Å².